The Labute approximate surface area is 96.1 Å². The van der Waals surface area contributed by atoms with Gasteiger partial charge in [-0.25, -0.2) is 9.18 Å². The predicted octanol–water partition coefficient (Wildman–Crippen LogP) is 0.378. The lowest BCUT2D eigenvalue weighted by Crippen LogP contribution is -2.46. The van der Waals surface area contributed by atoms with Crippen molar-refractivity contribution in [3.63, 3.8) is 0 Å². The van der Waals surface area contributed by atoms with Gasteiger partial charge in [0, 0.05) is 18.7 Å². The Bertz CT molecular complexity index is 490. The van der Waals surface area contributed by atoms with Crippen molar-refractivity contribution >= 4 is 17.6 Å². The molecule has 0 radical (unpaired) electrons. The van der Waals surface area contributed by atoms with E-state index in [0.717, 1.165) is 11.0 Å². The fourth-order valence-corrected chi connectivity index (χ4v) is 1.79. The van der Waals surface area contributed by atoms with Crippen LogP contribution in [-0.2, 0) is 9.59 Å². The van der Waals surface area contributed by atoms with E-state index < -0.39 is 23.3 Å². The van der Waals surface area contributed by atoms with Crippen molar-refractivity contribution < 1.29 is 24.2 Å². The number of halogens is 1. The van der Waals surface area contributed by atoms with Gasteiger partial charge in [0.2, 0.25) is 5.60 Å². The Morgan fingerprint density at radius 3 is 2.71 bits per heavy atom. The first kappa shape index (κ1) is 11.5. The van der Waals surface area contributed by atoms with Gasteiger partial charge in [-0.2, -0.15) is 0 Å². The molecule has 1 aliphatic rings. The summed E-state index contributed by atoms with van der Waals surface area (Å²) in [4.78, 5) is 23.6. The van der Waals surface area contributed by atoms with E-state index in [1.165, 1.54) is 18.2 Å². The number of carbonyl (C=O) groups is 2. The second-order valence-electron chi connectivity index (χ2n) is 3.85. The van der Waals surface area contributed by atoms with Gasteiger partial charge in [-0.3, -0.25) is 4.79 Å². The lowest BCUT2D eigenvalue weighted by molar-refractivity contribution is -0.162. The number of benzene rings is 1. The number of hydrogen-bond acceptors (Lipinski definition) is 3. The van der Waals surface area contributed by atoms with Crippen molar-refractivity contribution in [1.29, 1.82) is 0 Å². The Kier molecular flexibility index (Phi) is 2.59. The third kappa shape index (κ3) is 1.76. The number of carboxylic acid groups (broad SMARTS) is 1. The van der Waals surface area contributed by atoms with E-state index in [4.69, 9.17) is 5.11 Å². The van der Waals surface area contributed by atoms with Crippen LogP contribution in [-0.4, -0.2) is 34.2 Å². The molecule has 1 fully saturated rings. The van der Waals surface area contributed by atoms with Crippen LogP contribution in [0.25, 0.3) is 0 Å². The van der Waals surface area contributed by atoms with Crippen LogP contribution in [0.2, 0.25) is 0 Å². The minimum atomic E-state index is -2.40. The van der Waals surface area contributed by atoms with E-state index in [0.29, 0.717) is 0 Å². The van der Waals surface area contributed by atoms with E-state index in [2.05, 4.69) is 0 Å². The van der Waals surface area contributed by atoms with Gasteiger partial charge in [0.1, 0.15) is 5.82 Å². The zero-order valence-electron chi connectivity index (χ0n) is 8.76. The zero-order valence-corrected chi connectivity index (χ0v) is 8.76. The van der Waals surface area contributed by atoms with Crippen LogP contribution in [0.15, 0.2) is 24.3 Å². The Balaban J connectivity index is 2.33. The SMILES string of the molecule is O=C(O)C1(O)CCN(c2cccc(F)c2)C1=O. The summed E-state index contributed by atoms with van der Waals surface area (Å²) in [6.45, 7) is 0.0467. The smallest absolute Gasteiger partial charge is 0.345 e. The third-order valence-electron chi connectivity index (χ3n) is 2.77. The first-order chi connectivity index (χ1) is 7.95. The third-order valence-corrected chi connectivity index (χ3v) is 2.77. The largest absolute Gasteiger partial charge is 0.479 e. The van der Waals surface area contributed by atoms with E-state index in [-0.39, 0.29) is 18.7 Å². The summed E-state index contributed by atoms with van der Waals surface area (Å²) in [5.74, 6) is -3.04. The number of amides is 1. The molecule has 1 aromatic carbocycles. The second kappa shape index (κ2) is 3.81. The van der Waals surface area contributed by atoms with Crippen molar-refractivity contribution in [2.45, 2.75) is 12.0 Å². The quantitative estimate of drug-likeness (QED) is 0.731. The fraction of sp³-hybridized carbons (Fsp3) is 0.273. The maximum Gasteiger partial charge on any atom is 0.345 e. The predicted molar refractivity (Wildman–Crippen MR) is 56.0 cm³/mol. The monoisotopic (exact) mass is 239 g/mol. The molecule has 1 unspecified atom stereocenters. The molecule has 2 rings (SSSR count). The van der Waals surface area contributed by atoms with Gasteiger partial charge in [-0.05, 0) is 18.2 Å². The highest BCUT2D eigenvalue weighted by atomic mass is 19.1. The molecule has 1 aliphatic heterocycles. The fourth-order valence-electron chi connectivity index (χ4n) is 1.79. The first-order valence-electron chi connectivity index (χ1n) is 4.98. The molecule has 6 heteroatoms. The van der Waals surface area contributed by atoms with Gasteiger partial charge in [0.25, 0.3) is 5.91 Å². The number of rotatable bonds is 2. The molecule has 2 N–H and O–H groups in total. The summed E-state index contributed by atoms with van der Waals surface area (Å²) in [5.41, 5.74) is -2.15. The molecule has 0 aromatic heterocycles. The molecule has 90 valence electrons. The van der Waals surface area contributed by atoms with Crippen molar-refractivity contribution in [2.75, 3.05) is 11.4 Å². The van der Waals surface area contributed by atoms with Crippen LogP contribution >= 0.6 is 0 Å². The first-order valence-corrected chi connectivity index (χ1v) is 4.98. The zero-order chi connectivity index (χ0) is 12.6. The average molecular weight is 239 g/mol. The lowest BCUT2D eigenvalue weighted by atomic mass is 10.0. The van der Waals surface area contributed by atoms with Crippen molar-refractivity contribution in [2.24, 2.45) is 0 Å². The Morgan fingerprint density at radius 1 is 1.47 bits per heavy atom. The number of hydrogen-bond donors (Lipinski definition) is 2. The highest BCUT2D eigenvalue weighted by Gasteiger charge is 2.52. The number of nitrogens with zero attached hydrogens (tertiary/aromatic N) is 1. The molecule has 0 saturated carbocycles. The van der Waals surface area contributed by atoms with Crippen LogP contribution < -0.4 is 4.90 Å². The van der Waals surface area contributed by atoms with Crippen LogP contribution in [0, 0.1) is 5.82 Å². The normalized spacial score (nSPS) is 24.1. The van der Waals surface area contributed by atoms with Crippen LogP contribution in [0.1, 0.15) is 6.42 Å². The van der Waals surface area contributed by atoms with Gasteiger partial charge in [0.05, 0.1) is 0 Å². The minimum Gasteiger partial charge on any atom is -0.479 e. The van der Waals surface area contributed by atoms with E-state index in [9.17, 15) is 19.1 Å². The molecular formula is C11H10FNO4. The van der Waals surface area contributed by atoms with Gasteiger partial charge in [-0.1, -0.05) is 6.07 Å². The van der Waals surface area contributed by atoms with Crippen molar-refractivity contribution in [3.8, 4) is 0 Å². The van der Waals surface area contributed by atoms with Gasteiger partial charge in [0.15, 0.2) is 0 Å². The highest BCUT2D eigenvalue weighted by Crippen LogP contribution is 2.28. The summed E-state index contributed by atoms with van der Waals surface area (Å²) in [5, 5.41) is 18.4. The minimum absolute atomic E-state index is 0.0467. The van der Waals surface area contributed by atoms with E-state index >= 15 is 0 Å². The maximum absolute atomic E-state index is 13.0. The molecule has 0 aliphatic carbocycles. The molecule has 1 aromatic rings. The molecule has 5 nitrogen and oxygen atoms in total. The lowest BCUT2D eigenvalue weighted by Gasteiger charge is -2.18. The average Bonchev–Trinajstić information content (AvgIpc) is 2.57. The summed E-state index contributed by atoms with van der Waals surface area (Å²) >= 11 is 0. The maximum atomic E-state index is 13.0. The van der Waals surface area contributed by atoms with Gasteiger partial charge < -0.3 is 15.1 Å². The summed E-state index contributed by atoms with van der Waals surface area (Å²) in [6, 6.07) is 5.23. The Hall–Kier alpha value is -1.95. The van der Waals surface area contributed by atoms with Crippen LogP contribution in [0.4, 0.5) is 10.1 Å². The van der Waals surface area contributed by atoms with Crippen LogP contribution in [0.5, 0.6) is 0 Å². The van der Waals surface area contributed by atoms with Gasteiger partial charge >= 0.3 is 5.97 Å². The molecule has 0 spiro atoms. The molecule has 1 atom stereocenters. The van der Waals surface area contributed by atoms with Crippen molar-refractivity contribution in [1.82, 2.24) is 0 Å². The number of carbonyl (C=O) groups excluding carboxylic acids is 1. The van der Waals surface area contributed by atoms with Crippen molar-refractivity contribution in [3.05, 3.63) is 30.1 Å². The molecule has 1 heterocycles. The molecule has 1 saturated heterocycles. The molecule has 17 heavy (non-hydrogen) atoms. The summed E-state index contributed by atoms with van der Waals surface area (Å²) in [6.07, 6.45) is -0.211. The van der Waals surface area contributed by atoms with Gasteiger partial charge in [-0.15, -0.1) is 0 Å². The van der Waals surface area contributed by atoms with Crippen LogP contribution in [0.3, 0.4) is 0 Å². The number of carboxylic acids is 1. The standard InChI is InChI=1S/C11H10FNO4/c12-7-2-1-3-8(6-7)13-5-4-11(17,9(13)14)10(15)16/h1-3,6,17H,4-5H2,(H,15,16). The molecule has 1 amide bonds. The second-order valence-corrected chi connectivity index (χ2v) is 3.85. The van der Waals surface area contributed by atoms with E-state index in [1.54, 1.807) is 0 Å². The number of anilines is 1. The summed E-state index contributed by atoms with van der Waals surface area (Å²) in [7, 11) is 0. The summed E-state index contributed by atoms with van der Waals surface area (Å²) < 4.78 is 13.0. The number of aliphatic hydroxyl groups is 1. The Morgan fingerprint density at radius 2 is 2.18 bits per heavy atom. The topological polar surface area (TPSA) is 77.8 Å². The van der Waals surface area contributed by atoms with E-state index in [1.807, 2.05) is 0 Å². The molecular weight excluding hydrogens is 229 g/mol. The highest BCUT2D eigenvalue weighted by molar-refractivity contribution is 6.14. The number of aliphatic carboxylic acids is 1. The molecule has 0 bridgehead atoms.